The van der Waals surface area contributed by atoms with E-state index in [0.717, 1.165) is 31.2 Å². The predicted molar refractivity (Wildman–Crippen MR) is 167 cm³/mol. The van der Waals surface area contributed by atoms with Crippen LogP contribution in [0.15, 0.2) is 35.3 Å². The van der Waals surface area contributed by atoms with E-state index < -0.39 is 0 Å². The zero-order valence-corrected chi connectivity index (χ0v) is 25.9. The van der Waals surface area contributed by atoms with Gasteiger partial charge >= 0.3 is 0 Å². The van der Waals surface area contributed by atoms with Crippen LogP contribution in [0.1, 0.15) is 109 Å². The lowest BCUT2D eigenvalue weighted by Crippen LogP contribution is -2.30. The molecule has 1 aliphatic rings. The number of hydrogen-bond donors (Lipinski definition) is 4. The first kappa shape index (κ1) is 37.5. The summed E-state index contributed by atoms with van der Waals surface area (Å²) in [6.45, 7) is 6.95. The molecule has 5 N–H and O–H groups in total. The summed E-state index contributed by atoms with van der Waals surface area (Å²) in [6, 6.07) is 9.70. The SMILES string of the molecule is CCCCCCC[C@@H](O)CCOC[C@@H](N)CO.CCCCCCC[C@@H](O)CCOC[C@@H]1COC(c2ccccc2)=N1. The third-order valence-corrected chi connectivity index (χ3v) is 7.08. The average Bonchev–Trinajstić information content (AvgIpc) is 3.47. The van der Waals surface area contributed by atoms with Gasteiger partial charge in [-0.1, -0.05) is 96.3 Å². The van der Waals surface area contributed by atoms with Gasteiger partial charge in [-0.25, -0.2) is 4.99 Å². The van der Waals surface area contributed by atoms with Gasteiger partial charge in [0.25, 0.3) is 0 Å². The van der Waals surface area contributed by atoms with Crippen molar-refractivity contribution in [2.45, 2.75) is 128 Å². The van der Waals surface area contributed by atoms with Crippen molar-refractivity contribution in [2.75, 3.05) is 39.6 Å². The van der Waals surface area contributed by atoms with Crippen molar-refractivity contribution in [3.63, 3.8) is 0 Å². The number of aliphatic hydroxyl groups excluding tert-OH is 3. The Morgan fingerprint density at radius 2 is 1.39 bits per heavy atom. The Morgan fingerprint density at radius 3 is 1.95 bits per heavy atom. The number of nitrogens with two attached hydrogens (primary N) is 1. The highest BCUT2D eigenvalue weighted by atomic mass is 16.5. The van der Waals surface area contributed by atoms with Crippen LogP contribution in [0, 0.1) is 0 Å². The summed E-state index contributed by atoms with van der Waals surface area (Å²) >= 11 is 0. The summed E-state index contributed by atoms with van der Waals surface area (Å²) < 4.78 is 16.6. The maximum Gasteiger partial charge on any atom is 0.216 e. The molecule has 238 valence electrons. The van der Waals surface area contributed by atoms with Gasteiger partial charge in [-0.05, 0) is 37.8 Å². The van der Waals surface area contributed by atoms with Crippen LogP contribution in [-0.2, 0) is 14.2 Å². The van der Waals surface area contributed by atoms with Crippen molar-refractivity contribution in [2.24, 2.45) is 10.7 Å². The van der Waals surface area contributed by atoms with Gasteiger partial charge in [0, 0.05) is 18.8 Å². The first-order valence-electron chi connectivity index (χ1n) is 16.1. The second-order valence-corrected chi connectivity index (χ2v) is 11.1. The number of unbranched alkanes of at least 4 members (excludes halogenated alkanes) is 8. The molecule has 0 spiro atoms. The number of nitrogens with zero attached hydrogens (tertiary/aromatic N) is 1. The summed E-state index contributed by atoms with van der Waals surface area (Å²) in [6.07, 6.45) is 14.9. The van der Waals surface area contributed by atoms with E-state index in [1.165, 1.54) is 51.4 Å². The Hall–Kier alpha value is -1.55. The van der Waals surface area contributed by atoms with E-state index in [-0.39, 0.29) is 30.9 Å². The number of aliphatic imine (C=N–C) groups is 1. The van der Waals surface area contributed by atoms with Gasteiger partial charge in [-0.3, -0.25) is 0 Å². The smallest absolute Gasteiger partial charge is 0.216 e. The van der Waals surface area contributed by atoms with E-state index >= 15 is 0 Å². The molecule has 0 saturated carbocycles. The molecule has 0 unspecified atom stereocenters. The Morgan fingerprint density at radius 1 is 0.829 bits per heavy atom. The summed E-state index contributed by atoms with van der Waals surface area (Å²) in [5.41, 5.74) is 6.49. The molecule has 41 heavy (non-hydrogen) atoms. The van der Waals surface area contributed by atoms with Crippen LogP contribution in [0.25, 0.3) is 0 Å². The Bertz CT molecular complexity index is 736. The van der Waals surface area contributed by atoms with Gasteiger partial charge in [0.1, 0.15) is 12.6 Å². The highest BCUT2D eigenvalue weighted by Crippen LogP contribution is 2.13. The van der Waals surface area contributed by atoms with Gasteiger partial charge in [0.05, 0.1) is 38.1 Å². The summed E-state index contributed by atoms with van der Waals surface area (Å²) in [5.74, 6) is 0.705. The van der Waals surface area contributed by atoms with Gasteiger partial charge in [0.15, 0.2) is 0 Å². The van der Waals surface area contributed by atoms with Crippen LogP contribution in [0.4, 0.5) is 0 Å². The van der Waals surface area contributed by atoms with Crippen molar-refractivity contribution in [3.05, 3.63) is 35.9 Å². The summed E-state index contributed by atoms with van der Waals surface area (Å²) in [5, 5.41) is 28.3. The molecule has 0 fully saturated rings. The average molecular weight is 581 g/mol. The fourth-order valence-corrected chi connectivity index (χ4v) is 4.44. The third-order valence-electron chi connectivity index (χ3n) is 7.08. The molecule has 8 nitrogen and oxygen atoms in total. The molecule has 0 saturated heterocycles. The van der Waals surface area contributed by atoms with Crippen molar-refractivity contribution in [1.29, 1.82) is 0 Å². The number of aliphatic hydroxyl groups is 3. The maximum absolute atomic E-state index is 9.96. The van der Waals surface area contributed by atoms with E-state index in [1.807, 2.05) is 30.3 Å². The van der Waals surface area contributed by atoms with E-state index in [4.69, 9.17) is 25.1 Å². The molecule has 1 heterocycles. The fourth-order valence-electron chi connectivity index (χ4n) is 4.44. The molecule has 0 aliphatic carbocycles. The second-order valence-electron chi connectivity index (χ2n) is 11.1. The van der Waals surface area contributed by atoms with Crippen LogP contribution in [0.2, 0.25) is 0 Å². The Kier molecular flexibility index (Phi) is 23.9. The number of rotatable bonds is 24. The molecule has 1 aliphatic heterocycles. The molecule has 8 heteroatoms. The van der Waals surface area contributed by atoms with Gasteiger partial charge < -0.3 is 35.3 Å². The maximum atomic E-state index is 9.96. The summed E-state index contributed by atoms with van der Waals surface area (Å²) in [7, 11) is 0. The lowest BCUT2D eigenvalue weighted by atomic mass is 10.1. The molecule has 0 amide bonds. The minimum Gasteiger partial charge on any atom is -0.475 e. The van der Waals surface area contributed by atoms with Crippen LogP contribution < -0.4 is 5.73 Å². The zero-order valence-electron chi connectivity index (χ0n) is 25.9. The largest absolute Gasteiger partial charge is 0.475 e. The molecule has 0 bridgehead atoms. The molecular formula is C33H60N2O6. The van der Waals surface area contributed by atoms with Crippen LogP contribution in [-0.4, -0.2) is 85.2 Å². The highest BCUT2D eigenvalue weighted by molar-refractivity contribution is 5.95. The quantitative estimate of drug-likeness (QED) is 0.121. The number of hydrogen-bond acceptors (Lipinski definition) is 8. The fraction of sp³-hybridized carbons (Fsp3) is 0.788. The number of ether oxygens (including phenoxy) is 3. The zero-order chi connectivity index (χ0) is 30.0. The third kappa shape index (κ3) is 20.9. The summed E-state index contributed by atoms with van der Waals surface area (Å²) in [4.78, 5) is 4.56. The predicted octanol–water partition coefficient (Wildman–Crippen LogP) is 5.39. The molecule has 4 atom stereocenters. The topological polar surface area (TPSA) is 127 Å². The van der Waals surface area contributed by atoms with E-state index in [0.29, 0.717) is 51.8 Å². The van der Waals surface area contributed by atoms with Crippen molar-refractivity contribution in [3.8, 4) is 0 Å². The van der Waals surface area contributed by atoms with Gasteiger partial charge in [0.2, 0.25) is 5.90 Å². The number of benzene rings is 1. The van der Waals surface area contributed by atoms with Crippen LogP contribution in [0.5, 0.6) is 0 Å². The van der Waals surface area contributed by atoms with Gasteiger partial charge in [-0.15, -0.1) is 0 Å². The lowest BCUT2D eigenvalue weighted by molar-refractivity contribution is 0.0623. The van der Waals surface area contributed by atoms with E-state index in [1.54, 1.807) is 0 Å². The van der Waals surface area contributed by atoms with Crippen LogP contribution in [0.3, 0.4) is 0 Å². The molecule has 1 aromatic carbocycles. The van der Waals surface area contributed by atoms with E-state index in [9.17, 15) is 10.2 Å². The molecule has 2 rings (SSSR count). The lowest BCUT2D eigenvalue weighted by Gasteiger charge is -2.12. The Balaban J connectivity index is 0.000000438. The van der Waals surface area contributed by atoms with Crippen molar-refractivity contribution >= 4 is 5.90 Å². The van der Waals surface area contributed by atoms with Crippen molar-refractivity contribution < 1.29 is 29.5 Å². The monoisotopic (exact) mass is 580 g/mol. The van der Waals surface area contributed by atoms with E-state index in [2.05, 4.69) is 18.8 Å². The molecule has 0 aromatic heterocycles. The molecule has 0 radical (unpaired) electrons. The van der Waals surface area contributed by atoms with Gasteiger partial charge in [-0.2, -0.15) is 0 Å². The normalized spacial score (nSPS) is 16.8. The molecular weight excluding hydrogens is 520 g/mol. The highest BCUT2D eigenvalue weighted by Gasteiger charge is 2.20. The van der Waals surface area contributed by atoms with Crippen LogP contribution >= 0.6 is 0 Å². The minimum atomic E-state index is -0.304. The minimum absolute atomic E-state index is 0.0556. The Labute approximate surface area is 249 Å². The van der Waals surface area contributed by atoms with Crippen molar-refractivity contribution in [1.82, 2.24) is 0 Å². The first-order valence-corrected chi connectivity index (χ1v) is 16.1. The second kappa shape index (κ2) is 26.1. The first-order chi connectivity index (χ1) is 20.0. The molecule has 1 aromatic rings. The standard InChI is InChI=1S/C20H31NO3.C13H29NO3/c1-2-3-4-5-9-12-19(22)13-14-23-15-18-16-24-20(21-18)17-10-7-6-8-11-17;1-2-3-4-5-6-7-13(16)8-9-17-11-12(14)10-15/h6-8,10-11,18-19,22H,2-5,9,12-16H2,1H3;12-13,15-16H,2-11,14H2,1H3/t18-,19-;12-,13+/m10/s1.